The Morgan fingerprint density at radius 2 is 2.38 bits per heavy atom. The maximum atomic E-state index is 8.69. The van der Waals surface area contributed by atoms with Gasteiger partial charge in [0.2, 0.25) is 5.88 Å². The lowest BCUT2D eigenvalue weighted by Gasteiger charge is -2.10. The summed E-state index contributed by atoms with van der Waals surface area (Å²) in [6, 6.07) is 1.79. The Bertz CT molecular complexity index is 377. The van der Waals surface area contributed by atoms with Crippen molar-refractivity contribution >= 4 is 5.84 Å². The average Bonchev–Trinajstić information content (AvgIpc) is 2.29. The smallest absolute Gasteiger partial charge is 0.224 e. The molecule has 1 heterocycles. The maximum Gasteiger partial charge on any atom is 0.224 e. The van der Waals surface area contributed by atoms with Crippen molar-refractivity contribution in [2.45, 2.75) is 26.7 Å². The first-order chi connectivity index (χ1) is 7.70. The van der Waals surface area contributed by atoms with Crippen molar-refractivity contribution in [2.24, 2.45) is 10.9 Å². The highest BCUT2D eigenvalue weighted by molar-refractivity contribution is 6.00. The van der Waals surface area contributed by atoms with Crippen molar-refractivity contribution in [3.05, 3.63) is 23.4 Å². The fourth-order valence-electron chi connectivity index (χ4n) is 1.32. The van der Waals surface area contributed by atoms with E-state index in [1.54, 1.807) is 12.3 Å². The molecule has 1 aromatic heterocycles. The Labute approximate surface area is 94.9 Å². The monoisotopic (exact) mass is 223 g/mol. The molecule has 0 radical (unpaired) electrons. The number of amidine groups is 1. The summed E-state index contributed by atoms with van der Waals surface area (Å²) in [5, 5.41) is 11.7. The van der Waals surface area contributed by atoms with Crippen LogP contribution < -0.4 is 10.5 Å². The number of rotatable bonds is 5. The summed E-state index contributed by atoms with van der Waals surface area (Å²) in [6.07, 6.45) is 3.64. The summed E-state index contributed by atoms with van der Waals surface area (Å²) in [6.45, 7) is 4.53. The van der Waals surface area contributed by atoms with E-state index < -0.39 is 0 Å². The van der Waals surface area contributed by atoms with E-state index in [1.165, 1.54) is 0 Å². The average molecular weight is 223 g/mol. The number of oxime groups is 1. The van der Waals surface area contributed by atoms with Crippen LogP contribution >= 0.6 is 0 Å². The van der Waals surface area contributed by atoms with Crippen molar-refractivity contribution in [1.82, 2.24) is 4.98 Å². The second-order valence-corrected chi connectivity index (χ2v) is 3.50. The molecule has 0 aliphatic carbocycles. The summed E-state index contributed by atoms with van der Waals surface area (Å²) >= 11 is 0. The van der Waals surface area contributed by atoms with Crippen molar-refractivity contribution in [1.29, 1.82) is 0 Å². The van der Waals surface area contributed by atoms with Crippen LogP contribution in [0.15, 0.2) is 17.4 Å². The number of aryl methyl sites for hydroxylation is 1. The molecule has 5 heteroatoms. The highest BCUT2D eigenvalue weighted by Crippen LogP contribution is 2.18. The van der Waals surface area contributed by atoms with Gasteiger partial charge in [-0.15, -0.1) is 0 Å². The Morgan fingerprint density at radius 1 is 1.62 bits per heavy atom. The molecule has 1 aromatic rings. The van der Waals surface area contributed by atoms with Gasteiger partial charge in [0, 0.05) is 6.20 Å². The number of nitrogens with zero attached hydrogens (tertiary/aromatic N) is 2. The second-order valence-electron chi connectivity index (χ2n) is 3.50. The van der Waals surface area contributed by atoms with Crippen molar-refractivity contribution in [3.8, 4) is 5.88 Å². The van der Waals surface area contributed by atoms with Gasteiger partial charge in [-0.1, -0.05) is 18.5 Å². The molecular weight excluding hydrogens is 206 g/mol. The van der Waals surface area contributed by atoms with Crippen molar-refractivity contribution < 1.29 is 9.94 Å². The van der Waals surface area contributed by atoms with Gasteiger partial charge in [0.15, 0.2) is 5.84 Å². The van der Waals surface area contributed by atoms with Crippen LogP contribution in [0.2, 0.25) is 0 Å². The molecular formula is C11H17N3O2. The van der Waals surface area contributed by atoms with E-state index in [9.17, 15) is 0 Å². The fourth-order valence-corrected chi connectivity index (χ4v) is 1.32. The third-order valence-electron chi connectivity index (χ3n) is 2.23. The minimum Gasteiger partial charge on any atom is -0.477 e. The lowest BCUT2D eigenvalue weighted by molar-refractivity contribution is 0.295. The van der Waals surface area contributed by atoms with Gasteiger partial charge in [-0.05, 0) is 25.0 Å². The lowest BCUT2D eigenvalue weighted by Crippen LogP contribution is -2.17. The first-order valence-electron chi connectivity index (χ1n) is 5.27. The standard InChI is InChI=1S/C11H17N3O2/c1-3-4-7-16-11-9(10(12)14-15)8(2)5-6-13-11/h5-6,15H,3-4,7H2,1-2H3,(H2,12,14). The van der Waals surface area contributed by atoms with Gasteiger partial charge in [0.05, 0.1) is 12.2 Å². The summed E-state index contributed by atoms with van der Waals surface area (Å²) in [5.41, 5.74) is 7.01. The molecule has 0 bridgehead atoms. The van der Waals surface area contributed by atoms with Crippen LogP contribution in [0.5, 0.6) is 5.88 Å². The van der Waals surface area contributed by atoms with Gasteiger partial charge in [-0.2, -0.15) is 0 Å². The highest BCUT2D eigenvalue weighted by Gasteiger charge is 2.12. The predicted molar refractivity (Wildman–Crippen MR) is 61.9 cm³/mol. The molecule has 16 heavy (non-hydrogen) atoms. The Hall–Kier alpha value is -1.78. The Balaban J connectivity index is 2.94. The van der Waals surface area contributed by atoms with Crippen LogP contribution in [0.3, 0.4) is 0 Å². The SMILES string of the molecule is CCCCOc1nccc(C)c1/C(N)=N/O. The quantitative estimate of drug-likeness (QED) is 0.261. The molecule has 0 aromatic carbocycles. The topological polar surface area (TPSA) is 80.7 Å². The molecule has 0 unspecified atom stereocenters. The van der Waals surface area contributed by atoms with E-state index >= 15 is 0 Å². The summed E-state index contributed by atoms with van der Waals surface area (Å²) in [4.78, 5) is 4.09. The zero-order valence-electron chi connectivity index (χ0n) is 9.60. The summed E-state index contributed by atoms with van der Waals surface area (Å²) in [5.74, 6) is 0.445. The van der Waals surface area contributed by atoms with Gasteiger partial charge >= 0.3 is 0 Å². The Morgan fingerprint density at radius 3 is 3.00 bits per heavy atom. The number of nitrogens with two attached hydrogens (primary N) is 1. The van der Waals surface area contributed by atoms with Crippen molar-refractivity contribution in [3.63, 3.8) is 0 Å². The van der Waals surface area contributed by atoms with E-state index in [0.29, 0.717) is 18.1 Å². The molecule has 0 aliphatic heterocycles. The van der Waals surface area contributed by atoms with Gasteiger partial charge < -0.3 is 15.7 Å². The molecule has 88 valence electrons. The third-order valence-corrected chi connectivity index (χ3v) is 2.23. The zero-order valence-corrected chi connectivity index (χ0v) is 9.60. The van der Waals surface area contributed by atoms with Gasteiger partial charge in [-0.25, -0.2) is 4.98 Å². The molecule has 5 nitrogen and oxygen atoms in total. The number of ether oxygens (including phenoxy) is 1. The second kappa shape index (κ2) is 5.95. The molecule has 0 aliphatic rings. The minimum absolute atomic E-state index is 0.0251. The van der Waals surface area contributed by atoms with E-state index in [4.69, 9.17) is 15.7 Å². The van der Waals surface area contributed by atoms with Crippen LogP contribution in [-0.4, -0.2) is 22.6 Å². The molecule has 0 saturated carbocycles. The first-order valence-corrected chi connectivity index (χ1v) is 5.27. The number of hydrogen-bond acceptors (Lipinski definition) is 4. The highest BCUT2D eigenvalue weighted by atomic mass is 16.5. The Kier molecular flexibility index (Phi) is 4.57. The maximum absolute atomic E-state index is 8.69. The molecule has 0 amide bonds. The predicted octanol–water partition coefficient (Wildman–Crippen LogP) is 1.66. The van der Waals surface area contributed by atoms with Crippen LogP contribution in [0.1, 0.15) is 30.9 Å². The van der Waals surface area contributed by atoms with Gasteiger partial charge in [0.25, 0.3) is 0 Å². The number of aromatic nitrogens is 1. The van der Waals surface area contributed by atoms with E-state index in [2.05, 4.69) is 17.1 Å². The number of unbranched alkanes of at least 4 members (excludes halogenated alkanes) is 1. The molecule has 0 spiro atoms. The van der Waals surface area contributed by atoms with E-state index in [0.717, 1.165) is 18.4 Å². The van der Waals surface area contributed by atoms with Crippen LogP contribution in [-0.2, 0) is 0 Å². The fraction of sp³-hybridized carbons (Fsp3) is 0.455. The number of hydrogen-bond donors (Lipinski definition) is 2. The van der Waals surface area contributed by atoms with E-state index in [-0.39, 0.29) is 5.84 Å². The summed E-state index contributed by atoms with van der Waals surface area (Å²) in [7, 11) is 0. The third kappa shape index (κ3) is 2.85. The van der Waals surface area contributed by atoms with Gasteiger partial charge in [0.1, 0.15) is 0 Å². The molecule has 0 fully saturated rings. The summed E-state index contributed by atoms with van der Waals surface area (Å²) < 4.78 is 5.50. The van der Waals surface area contributed by atoms with Crippen LogP contribution in [0.4, 0.5) is 0 Å². The van der Waals surface area contributed by atoms with E-state index in [1.807, 2.05) is 6.92 Å². The molecule has 1 rings (SSSR count). The van der Waals surface area contributed by atoms with Crippen LogP contribution in [0, 0.1) is 6.92 Å². The first kappa shape index (κ1) is 12.3. The molecule has 0 saturated heterocycles. The van der Waals surface area contributed by atoms with Crippen molar-refractivity contribution in [2.75, 3.05) is 6.61 Å². The lowest BCUT2D eigenvalue weighted by atomic mass is 10.1. The number of pyridine rings is 1. The normalized spacial score (nSPS) is 11.5. The van der Waals surface area contributed by atoms with Gasteiger partial charge in [-0.3, -0.25) is 0 Å². The largest absolute Gasteiger partial charge is 0.477 e. The van der Waals surface area contributed by atoms with Crippen LogP contribution in [0.25, 0.3) is 0 Å². The zero-order chi connectivity index (χ0) is 12.0. The minimum atomic E-state index is 0.0251. The molecule has 3 N–H and O–H groups in total. The molecule has 0 atom stereocenters.